The molecule has 2 aromatic rings. The smallest absolute Gasteiger partial charge is 0.278 e. The summed E-state index contributed by atoms with van der Waals surface area (Å²) in [4.78, 5) is 17.9. The van der Waals surface area contributed by atoms with Crippen molar-refractivity contribution in [3.63, 3.8) is 0 Å². The number of nitrogens with zero attached hydrogens (tertiary/aromatic N) is 3. The number of aromatic nitrogens is 1. The molecule has 3 N–H and O–H groups in total. The van der Waals surface area contributed by atoms with E-state index in [0.29, 0.717) is 17.1 Å². The maximum Gasteiger partial charge on any atom is 0.278 e. The second-order valence-corrected chi connectivity index (χ2v) is 4.60. The summed E-state index contributed by atoms with van der Waals surface area (Å²) in [6, 6.07) is 11.8. The summed E-state index contributed by atoms with van der Waals surface area (Å²) in [7, 11) is 1.58. The highest BCUT2D eigenvalue weighted by Gasteiger charge is 2.19. The number of halogens is 1. The molecule has 0 saturated heterocycles. The number of rotatable bonds is 3. The molecule has 0 aliphatic carbocycles. The van der Waals surface area contributed by atoms with Crippen molar-refractivity contribution in [3.05, 3.63) is 52.7 Å². The van der Waals surface area contributed by atoms with Crippen LogP contribution in [0.2, 0.25) is 5.02 Å². The molecule has 0 bridgehead atoms. The predicted molar refractivity (Wildman–Crippen MR) is 80.9 cm³/mol. The second-order valence-electron chi connectivity index (χ2n) is 4.20. The Kier molecular flexibility index (Phi) is 4.38. The minimum atomic E-state index is -0.396. The number of benzene rings is 1. The minimum Gasteiger partial charge on any atom is -0.310 e. The highest BCUT2D eigenvalue weighted by atomic mass is 35.5. The van der Waals surface area contributed by atoms with Crippen LogP contribution in [0, 0.1) is 11.3 Å². The normalized spacial score (nSPS) is 9.81. The molecule has 0 unspecified atom stereocenters. The Bertz CT molecular complexity index is 726. The van der Waals surface area contributed by atoms with Crippen LogP contribution in [0.3, 0.4) is 0 Å². The van der Waals surface area contributed by atoms with E-state index in [2.05, 4.69) is 10.4 Å². The molecular formula is C14H12ClN5O. The van der Waals surface area contributed by atoms with E-state index in [1.807, 2.05) is 6.07 Å². The molecule has 2 rings (SSSR count). The quantitative estimate of drug-likeness (QED) is 0.669. The van der Waals surface area contributed by atoms with Crippen molar-refractivity contribution in [2.45, 2.75) is 0 Å². The third-order valence-corrected chi connectivity index (χ3v) is 3.17. The van der Waals surface area contributed by atoms with Gasteiger partial charge in [0.15, 0.2) is 0 Å². The van der Waals surface area contributed by atoms with E-state index in [4.69, 9.17) is 22.7 Å². The fraction of sp³-hybridized carbons (Fsp3) is 0.0714. The predicted octanol–water partition coefficient (Wildman–Crippen LogP) is 2.17. The zero-order valence-electron chi connectivity index (χ0n) is 11.2. The second kappa shape index (κ2) is 6.22. The van der Waals surface area contributed by atoms with Crippen molar-refractivity contribution < 1.29 is 4.79 Å². The number of nitrogens with one attached hydrogen (secondary N) is 1. The van der Waals surface area contributed by atoms with Gasteiger partial charge in [0.2, 0.25) is 0 Å². The molecule has 1 aromatic carbocycles. The van der Waals surface area contributed by atoms with E-state index in [9.17, 15) is 4.79 Å². The number of hydrazine groups is 1. The summed E-state index contributed by atoms with van der Waals surface area (Å²) in [5.41, 5.74) is 3.48. The summed E-state index contributed by atoms with van der Waals surface area (Å²) < 4.78 is 0. The van der Waals surface area contributed by atoms with E-state index in [1.54, 1.807) is 37.4 Å². The number of nitrogen functional groups attached to an aromatic ring is 1. The van der Waals surface area contributed by atoms with E-state index < -0.39 is 5.91 Å². The van der Waals surface area contributed by atoms with Gasteiger partial charge in [-0.1, -0.05) is 17.7 Å². The average Bonchev–Trinajstić information content (AvgIpc) is 2.54. The summed E-state index contributed by atoms with van der Waals surface area (Å²) in [6.45, 7) is 0. The fourth-order valence-electron chi connectivity index (χ4n) is 1.73. The van der Waals surface area contributed by atoms with E-state index in [1.165, 1.54) is 11.0 Å². The van der Waals surface area contributed by atoms with Crippen molar-refractivity contribution in [2.75, 3.05) is 17.4 Å². The van der Waals surface area contributed by atoms with E-state index in [0.717, 1.165) is 0 Å². The van der Waals surface area contributed by atoms with E-state index in [-0.39, 0.29) is 10.7 Å². The Morgan fingerprint density at radius 3 is 2.86 bits per heavy atom. The maximum atomic E-state index is 12.5. The largest absolute Gasteiger partial charge is 0.310 e. The SMILES string of the molecule is CN(C(=O)c1nc(NN)ccc1Cl)c1cccc(C#N)c1. The molecule has 1 aromatic heterocycles. The van der Waals surface area contributed by atoms with Gasteiger partial charge in [0.25, 0.3) is 5.91 Å². The topological polar surface area (TPSA) is 95.0 Å². The number of hydrogen-bond donors (Lipinski definition) is 2. The highest BCUT2D eigenvalue weighted by Crippen LogP contribution is 2.21. The molecule has 106 valence electrons. The first kappa shape index (κ1) is 14.8. The third kappa shape index (κ3) is 3.11. The number of nitriles is 1. The summed E-state index contributed by atoms with van der Waals surface area (Å²) in [5.74, 6) is 5.22. The lowest BCUT2D eigenvalue weighted by atomic mass is 10.2. The lowest BCUT2D eigenvalue weighted by Crippen LogP contribution is -2.28. The molecule has 21 heavy (non-hydrogen) atoms. The zero-order valence-corrected chi connectivity index (χ0v) is 11.9. The van der Waals surface area contributed by atoms with Crippen molar-refractivity contribution in [3.8, 4) is 6.07 Å². The van der Waals surface area contributed by atoms with Gasteiger partial charge in [-0.25, -0.2) is 10.8 Å². The molecule has 6 nitrogen and oxygen atoms in total. The first-order valence-corrected chi connectivity index (χ1v) is 6.36. The highest BCUT2D eigenvalue weighted by molar-refractivity contribution is 6.34. The van der Waals surface area contributed by atoms with Crippen LogP contribution in [0.5, 0.6) is 0 Å². The molecule has 0 atom stereocenters. The summed E-state index contributed by atoms with van der Waals surface area (Å²) in [6.07, 6.45) is 0. The molecular weight excluding hydrogens is 290 g/mol. The van der Waals surface area contributed by atoms with Gasteiger partial charge in [0.1, 0.15) is 11.5 Å². The van der Waals surface area contributed by atoms with Crippen LogP contribution in [-0.2, 0) is 0 Å². The fourth-order valence-corrected chi connectivity index (χ4v) is 1.92. The van der Waals surface area contributed by atoms with Crippen molar-refractivity contribution in [1.29, 1.82) is 5.26 Å². The lowest BCUT2D eigenvalue weighted by Gasteiger charge is -2.18. The van der Waals surface area contributed by atoms with Crippen LogP contribution in [0.25, 0.3) is 0 Å². The molecule has 0 spiro atoms. The van der Waals surface area contributed by atoms with Crippen LogP contribution in [0.4, 0.5) is 11.5 Å². The average molecular weight is 302 g/mol. The van der Waals surface area contributed by atoms with Gasteiger partial charge in [-0.2, -0.15) is 5.26 Å². The Labute approximate surface area is 126 Å². The van der Waals surface area contributed by atoms with Gasteiger partial charge in [-0.3, -0.25) is 4.79 Å². The minimum absolute atomic E-state index is 0.0805. The first-order valence-electron chi connectivity index (χ1n) is 5.98. The molecule has 1 heterocycles. The zero-order chi connectivity index (χ0) is 15.4. The number of carbonyl (C=O) groups excluding carboxylic acids is 1. The van der Waals surface area contributed by atoms with Gasteiger partial charge in [-0.05, 0) is 30.3 Å². The van der Waals surface area contributed by atoms with Gasteiger partial charge in [0, 0.05) is 12.7 Å². The van der Waals surface area contributed by atoms with Crippen LogP contribution in [-0.4, -0.2) is 17.9 Å². The molecule has 1 amide bonds. The number of amides is 1. The van der Waals surface area contributed by atoms with Gasteiger partial charge in [0.05, 0.1) is 16.7 Å². The van der Waals surface area contributed by atoms with Crippen LogP contribution in [0.1, 0.15) is 16.1 Å². The third-order valence-electron chi connectivity index (χ3n) is 2.86. The Morgan fingerprint density at radius 2 is 2.19 bits per heavy atom. The Hall–Kier alpha value is -2.62. The molecule has 0 fully saturated rings. The summed E-state index contributed by atoms with van der Waals surface area (Å²) in [5, 5.41) is 9.13. The number of pyridine rings is 1. The van der Waals surface area contributed by atoms with Crippen LogP contribution in [0.15, 0.2) is 36.4 Å². The maximum absolute atomic E-state index is 12.5. The van der Waals surface area contributed by atoms with Crippen molar-refractivity contribution in [2.24, 2.45) is 5.84 Å². The summed E-state index contributed by atoms with van der Waals surface area (Å²) >= 11 is 6.01. The standard InChI is InChI=1S/C14H12ClN5O/c1-20(10-4-2-3-9(7-10)8-16)14(21)13-11(15)5-6-12(18-13)19-17/h2-7H,17H2,1H3,(H,18,19). The lowest BCUT2D eigenvalue weighted by molar-refractivity contribution is 0.0988. The van der Waals surface area contributed by atoms with Crippen molar-refractivity contribution in [1.82, 2.24) is 4.98 Å². The van der Waals surface area contributed by atoms with Gasteiger partial charge < -0.3 is 10.3 Å². The van der Waals surface area contributed by atoms with Crippen molar-refractivity contribution >= 4 is 29.0 Å². The number of hydrogen-bond acceptors (Lipinski definition) is 5. The first-order chi connectivity index (χ1) is 10.1. The number of nitrogens with two attached hydrogens (primary N) is 1. The molecule has 0 radical (unpaired) electrons. The molecule has 0 aliphatic rings. The Morgan fingerprint density at radius 1 is 1.43 bits per heavy atom. The molecule has 0 aliphatic heterocycles. The molecule has 0 saturated carbocycles. The van der Waals surface area contributed by atoms with Gasteiger partial charge in [-0.15, -0.1) is 0 Å². The van der Waals surface area contributed by atoms with Gasteiger partial charge >= 0.3 is 0 Å². The van der Waals surface area contributed by atoms with E-state index >= 15 is 0 Å². The Balaban J connectivity index is 2.37. The van der Waals surface area contributed by atoms with Crippen LogP contribution < -0.4 is 16.2 Å². The molecule has 7 heteroatoms. The monoisotopic (exact) mass is 301 g/mol. The number of carbonyl (C=O) groups is 1. The number of anilines is 2. The van der Waals surface area contributed by atoms with Crippen LogP contribution >= 0.6 is 11.6 Å².